The molecule has 0 atom stereocenters. The van der Waals surface area contributed by atoms with Gasteiger partial charge in [-0.2, -0.15) is 0 Å². The number of H-pyrrole nitrogens is 1. The predicted octanol–water partition coefficient (Wildman–Crippen LogP) is 4.34. The number of hydrogen-bond donors (Lipinski definition) is 2. The molecule has 2 N–H and O–H groups in total. The van der Waals surface area contributed by atoms with E-state index in [4.69, 9.17) is 16.3 Å². The van der Waals surface area contributed by atoms with Crippen molar-refractivity contribution in [3.05, 3.63) is 65.3 Å². The van der Waals surface area contributed by atoms with Gasteiger partial charge in [0.2, 0.25) is 5.91 Å². The minimum Gasteiger partial charge on any atom is -0.494 e. The Morgan fingerprint density at radius 3 is 2.84 bits per heavy atom. The van der Waals surface area contributed by atoms with Crippen molar-refractivity contribution in [2.45, 2.75) is 19.3 Å². The lowest BCUT2D eigenvalue weighted by Gasteiger charge is -2.07. The summed E-state index contributed by atoms with van der Waals surface area (Å²) in [5.41, 5.74) is 2.22. The number of hydrogen-bond acceptors (Lipinski definition) is 2. The van der Waals surface area contributed by atoms with Gasteiger partial charge in [-0.1, -0.05) is 29.8 Å². The van der Waals surface area contributed by atoms with Crippen LogP contribution in [0.1, 0.15) is 18.4 Å². The van der Waals surface area contributed by atoms with E-state index in [2.05, 4.69) is 10.3 Å². The minimum atomic E-state index is 0.0505. The van der Waals surface area contributed by atoms with E-state index < -0.39 is 0 Å². The number of nitrogens with one attached hydrogen (secondary N) is 2. The maximum Gasteiger partial charge on any atom is 0.220 e. The molecular formula is C20H21ClN2O2. The van der Waals surface area contributed by atoms with Gasteiger partial charge in [0.1, 0.15) is 5.75 Å². The number of rotatable bonds is 8. The summed E-state index contributed by atoms with van der Waals surface area (Å²) in [4.78, 5) is 15.1. The zero-order valence-electron chi connectivity index (χ0n) is 13.9. The normalized spacial score (nSPS) is 10.8. The molecule has 0 saturated heterocycles. The highest BCUT2D eigenvalue weighted by Crippen LogP contribution is 2.22. The molecule has 4 nitrogen and oxygen atoms in total. The van der Waals surface area contributed by atoms with Gasteiger partial charge in [-0.05, 0) is 48.7 Å². The summed E-state index contributed by atoms with van der Waals surface area (Å²) in [6.07, 6.45) is 3.91. The van der Waals surface area contributed by atoms with Crippen molar-refractivity contribution in [2.75, 3.05) is 13.2 Å². The standard InChI is InChI=1S/C20H21ClN2O2/c21-16-8-9-19-18(13-16)15(14-23-19)10-11-22-20(24)7-4-12-25-17-5-2-1-3-6-17/h1-3,5-6,8-9,13-14,23H,4,7,10-12H2,(H,22,24). The summed E-state index contributed by atoms with van der Waals surface area (Å²) in [6, 6.07) is 15.4. The van der Waals surface area contributed by atoms with E-state index in [0.29, 0.717) is 26.0 Å². The van der Waals surface area contributed by atoms with Gasteiger partial charge in [0.05, 0.1) is 6.61 Å². The molecule has 0 saturated carbocycles. The van der Waals surface area contributed by atoms with Crippen LogP contribution in [0.3, 0.4) is 0 Å². The maximum absolute atomic E-state index is 11.9. The van der Waals surface area contributed by atoms with Crippen LogP contribution < -0.4 is 10.1 Å². The number of amides is 1. The van der Waals surface area contributed by atoms with Gasteiger partial charge in [0, 0.05) is 35.1 Å². The van der Waals surface area contributed by atoms with E-state index in [-0.39, 0.29) is 5.91 Å². The number of aromatic amines is 1. The summed E-state index contributed by atoms with van der Waals surface area (Å²) < 4.78 is 5.58. The number of aromatic nitrogens is 1. The average Bonchev–Trinajstić information content (AvgIpc) is 3.02. The average molecular weight is 357 g/mol. The molecule has 0 bridgehead atoms. The molecule has 130 valence electrons. The van der Waals surface area contributed by atoms with Gasteiger partial charge < -0.3 is 15.0 Å². The molecule has 3 aromatic rings. The Morgan fingerprint density at radius 1 is 1.16 bits per heavy atom. The lowest BCUT2D eigenvalue weighted by atomic mass is 10.1. The number of benzene rings is 2. The maximum atomic E-state index is 11.9. The fourth-order valence-electron chi connectivity index (χ4n) is 2.72. The minimum absolute atomic E-state index is 0.0505. The van der Waals surface area contributed by atoms with Gasteiger partial charge in [-0.15, -0.1) is 0 Å². The molecule has 0 radical (unpaired) electrons. The van der Waals surface area contributed by atoms with Crippen molar-refractivity contribution >= 4 is 28.4 Å². The van der Waals surface area contributed by atoms with Crippen molar-refractivity contribution in [3.63, 3.8) is 0 Å². The molecule has 0 aliphatic carbocycles. The highest BCUT2D eigenvalue weighted by Gasteiger charge is 2.06. The Kier molecular flexibility index (Phi) is 5.96. The number of fused-ring (bicyclic) bond motifs is 1. The van der Waals surface area contributed by atoms with Crippen LogP contribution in [-0.2, 0) is 11.2 Å². The molecule has 3 rings (SSSR count). The topological polar surface area (TPSA) is 54.1 Å². The third-order valence-electron chi connectivity index (χ3n) is 4.01. The summed E-state index contributed by atoms with van der Waals surface area (Å²) in [5.74, 6) is 0.885. The number of para-hydroxylation sites is 1. The van der Waals surface area contributed by atoms with Crippen molar-refractivity contribution in [1.29, 1.82) is 0 Å². The van der Waals surface area contributed by atoms with Gasteiger partial charge in [0.15, 0.2) is 0 Å². The SMILES string of the molecule is O=C(CCCOc1ccccc1)NCCc1c[nH]c2ccc(Cl)cc12. The quantitative estimate of drug-likeness (QED) is 0.590. The number of carbonyl (C=O) groups is 1. The Morgan fingerprint density at radius 2 is 2.00 bits per heavy atom. The van der Waals surface area contributed by atoms with E-state index in [1.165, 1.54) is 0 Å². The summed E-state index contributed by atoms with van der Waals surface area (Å²) in [5, 5.41) is 4.79. The molecule has 0 spiro atoms. The number of halogens is 1. The zero-order valence-corrected chi connectivity index (χ0v) is 14.7. The van der Waals surface area contributed by atoms with Crippen molar-refractivity contribution < 1.29 is 9.53 Å². The Hall–Kier alpha value is -2.46. The van der Waals surface area contributed by atoms with Crippen LogP contribution in [0.15, 0.2) is 54.7 Å². The summed E-state index contributed by atoms with van der Waals surface area (Å²) in [6.45, 7) is 1.15. The van der Waals surface area contributed by atoms with Crippen LogP contribution >= 0.6 is 11.6 Å². The molecular weight excluding hydrogens is 336 g/mol. The Bertz CT molecular complexity index is 830. The first-order valence-corrected chi connectivity index (χ1v) is 8.80. The second-order valence-corrected chi connectivity index (χ2v) is 6.31. The second-order valence-electron chi connectivity index (χ2n) is 5.87. The van der Waals surface area contributed by atoms with Gasteiger partial charge in [-0.3, -0.25) is 4.79 Å². The highest BCUT2D eigenvalue weighted by molar-refractivity contribution is 6.31. The van der Waals surface area contributed by atoms with Crippen molar-refractivity contribution in [2.24, 2.45) is 0 Å². The van der Waals surface area contributed by atoms with Crippen LogP contribution in [0, 0.1) is 0 Å². The molecule has 0 unspecified atom stereocenters. The van der Waals surface area contributed by atoms with E-state index >= 15 is 0 Å². The van der Waals surface area contributed by atoms with Crippen LogP contribution in [0.2, 0.25) is 5.02 Å². The molecule has 25 heavy (non-hydrogen) atoms. The third kappa shape index (κ3) is 5.00. The van der Waals surface area contributed by atoms with Crippen LogP contribution in [0.25, 0.3) is 10.9 Å². The molecule has 1 aromatic heterocycles. The summed E-state index contributed by atoms with van der Waals surface area (Å²) >= 11 is 6.05. The van der Waals surface area contributed by atoms with Gasteiger partial charge in [0.25, 0.3) is 0 Å². The first-order valence-electron chi connectivity index (χ1n) is 8.42. The van der Waals surface area contributed by atoms with Crippen LogP contribution in [0.5, 0.6) is 5.75 Å². The molecule has 0 aliphatic heterocycles. The van der Waals surface area contributed by atoms with Gasteiger partial charge >= 0.3 is 0 Å². The first-order chi connectivity index (χ1) is 12.2. The molecule has 1 heterocycles. The zero-order chi connectivity index (χ0) is 17.5. The molecule has 0 aliphatic rings. The van der Waals surface area contributed by atoms with E-state index in [1.807, 2.05) is 54.7 Å². The monoisotopic (exact) mass is 356 g/mol. The van der Waals surface area contributed by atoms with E-state index in [1.54, 1.807) is 0 Å². The van der Waals surface area contributed by atoms with Crippen LogP contribution in [-0.4, -0.2) is 24.0 Å². The predicted molar refractivity (Wildman–Crippen MR) is 101 cm³/mol. The smallest absolute Gasteiger partial charge is 0.220 e. The first kappa shape index (κ1) is 17.4. The van der Waals surface area contributed by atoms with Gasteiger partial charge in [-0.25, -0.2) is 0 Å². The summed E-state index contributed by atoms with van der Waals surface area (Å²) in [7, 11) is 0. The number of carbonyl (C=O) groups excluding carboxylic acids is 1. The lowest BCUT2D eigenvalue weighted by molar-refractivity contribution is -0.121. The molecule has 1 amide bonds. The lowest BCUT2D eigenvalue weighted by Crippen LogP contribution is -2.25. The van der Waals surface area contributed by atoms with E-state index in [9.17, 15) is 4.79 Å². The fraction of sp³-hybridized carbons (Fsp3) is 0.250. The number of ether oxygens (including phenoxy) is 1. The second kappa shape index (κ2) is 8.58. The molecule has 0 fully saturated rings. The van der Waals surface area contributed by atoms with Crippen LogP contribution in [0.4, 0.5) is 0 Å². The largest absolute Gasteiger partial charge is 0.494 e. The third-order valence-corrected chi connectivity index (χ3v) is 4.24. The molecule has 5 heteroatoms. The molecule has 2 aromatic carbocycles. The fourth-order valence-corrected chi connectivity index (χ4v) is 2.89. The van der Waals surface area contributed by atoms with Crippen molar-refractivity contribution in [1.82, 2.24) is 10.3 Å². The van der Waals surface area contributed by atoms with Crippen molar-refractivity contribution in [3.8, 4) is 5.75 Å². The van der Waals surface area contributed by atoms with E-state index in [0.717, 1.165) is 33.7 Å². The highest BCUT2D eigenvalue weighted by atomic mass is 35.5. The Labute approximate surface area is 152 Å². The Balaban J connectivity index is 1.37.